The van der Waals surface area contributed by atoms with Gasteiger partial charge in [0.15, 0.2) is 0 Å². The molecule has 0 saturated carbocycles. The van der Waals surface area contributed by atoms with Gasteiger partial charge in [0, 0.05) is 30.0 Å². The zero-order chi connectivity index (χ0) is 19.5. The normalized spacial score (nSPS) is 16.9. The van der Waals surface area contributed by atoms with Crippen LogP contribution >= 0.6 is 11.6 Å². The number of nitrogens with one attached hydrogen (secondary N) is 1. The van der Waals surface area contributed by atoms with E-state index in [1.54, 1.807) is 0 Å². The van der Waals surface area contributed by atoms with Gasteiger partial charge in [0.2, 0.25) is 0 Å². The van der Waals surface area contributed by atoms with Crippen LogP contribution in [-0.2, 0) is 6.54 Å². The van der Waals surface area contributed by atoms with Gasteiger partial charge in [0.25, 0.3) is 5.91 Å². The number of anilines is 1. The molecule has 5 heteroatoms. The Labute approximate surface area is 170 Å². The SMILES string of the molecule is C[C@H]1CCCN(c2cc(C(=O)NCc3ccc(Cl)cc3)c3ccccc3n2)C1. The monoisotopic (exact) mass is 393 g/mol. The fourth-order valence-electron chi connectivity index (χ4n) is 3.79. The average molecular weight is 394 g/mol. The van der Waals surface area contributed by atoms with E-state index in [0.717, 1.165) is 41.8 Å². The number of aromatic nitrogens is 1. The van der Waals surface area contributed by atoms with Crippen LogP contribution in [0.3, 0.4) is 0 Å². The molecule has 0 aliphatic carbocycles. The number of halogens is 1. The number of piperidine rings is 1. The molecule has 2 heterocycles. The lowest BCUT2D eigenvalue weighted by molar-refractivity contribution is 0.0952. The molecule has 0 unspecified atom stereocenters. The van der Waals surface area contributed by atoms with Crippen LogP contribution in [0.4, 0.5) is 5.82 Å². The molecule has 1 aliphatic rings. The second-order valence-corrected chi connectivity index (χ2v) is 7.98. The Morgan fingerprint density at radius 1 is 1.21 bits per heavy atom. The van der Waals surface area contributed by atoms with E-state index in [1.807, 2.05) is 54.6 Å². The third-order valence-electron chi connectivity index (χ3n) is 5.29. The van der Waals surface area contributed by atoms with Gasteiger partial charge in [0.05, 0.1) is 11.1 Å². The number of nitrogens with zero attached hydrogens (tertiary/aromatic N) is 2. The highest BCUT2D eigenvalue weighted by Crippen LogP contribution is 2.26. The van der Waals surface area contributed by atoms with Crippen LogP contribution < -0.4 is 10.2 Å². The van der Waals surface area contributed by atoms with E-state index in [4.69, 9.17) is 16.6 Å². The molecule has 4 rings (SSSR count). The molecule has 4 nitrogen and oxygen atoms in total. The maximum atomic E-state index is 13.0. The Hall–Kier alpha value is -2.59. The minimum atomic E-state index is -0.0835. The summed E-state index contributed by atoms with van der Waals surface area (Å²) < 4.78 is 0. The maximum absolute atomic E-state index is 13.0. The number of benzene rings is 2. The third kappa shape index (κ3) is 4.12. The molecule has 1 amide bonds. The van der Waals surface area contributed by atoms with Crippen LogP contribution in [0.25, 0.3) is 10.9 Å². The molecule has 0 spiro atoms. The van der Waals surface area contributed by atoms with E-state index in [-0.39, 0.29) is 5.91 Å². The smallest absolute Gasteiger partial charge is 0.252 e. The minimum Gasteiger partial charge on any atom is -0.356 e. The van der Waals surface area contributed by atoms with Crippen molar-refractivity contribution in [1.29, 1.82) is 0 Å². The Bertz CT molecular complexity index is 987. The highest BCUT2D eigenvalue weighted by molar-refractivity contribution is 6.30. The average Bonchev–Trinajstić information content (AvgIpc) is 2.72. The van der Waals surface area contributed by atoms with Crippen LogP contribution in [0.2, 0.25) is 5.02 Å². The molecule has 1 saturated heterocycles. The number of carbonyl (C=O) groups is 1. The van der Waals surface area contributed by atoms with Crippen molar-refractivity contribution in [3.8, 4) is 0 Å². The number of hydrogen-bond acceptors (Lipinski definition) is 3. The molecule has 1 fully saturated rings. The number of fused-ring (bicyclic) bond motifs is 1. The van der Waals surface area contributed by atoms with Gasteiger partial charge in [-0.25, -0.2) is 4.98 Å². The Morgan fingerprint density at radius 3 is 2.79 bits per heavy atom. The number of rotatable bonds is 4. The number of para-hydroxylation sites is 1. The van der Waals surface area contributed by atoms with Crippen molar-refractivity contribution in [2.45, 2.75) is 26.3 Å². The van der Waals surface area contributed by atoms with Crippen molar-refractivity contribution in [2.75, 3.05) is 18.0 Å². The summed E-state index contributed by atoms with van der Waals surface area (Å²) in [5.41, 5.74) is 2.55. The van der Waals surface area contributed by atoms with Gasteiger partial charge >= 0.3 is 0 Å². The topological polar surface area (TPSA) is 45.2 Å². The zero-order valence-corrected chi connectivity index (χ0v) is 16.7. The van der Waals surface area contributed by atoms with E-state index >= 15 is 0 Å². The van der Waals surface area contributed by atoms with Gasteiger partial charge in [0.1, 0.15) is 5.82 Å². The predicted molar refractivity (Wildman–Crippen MR) is 115 cm³/mol. The van der Waals surface area contributed by atoms with E-state index < -0.39 is 0 Å². The highest BCUT2D eigenvalue weighted by atomic mass is 35.5. The minimum absolute atomic E-state index is 0.0835. The molecule has 0 radical (unpaired) electrons. The third-order valence-corrected chi connectivity index (χ3v) is 5.55. The molecule has 1 N–H and O–H groups in total. The first-order valence-electron chi connectivity index (χ1n) is 9.77. The predicted octanol–water partition coefficient (Wildman–Crippen LogP) is 5.05. The van der Waals surface area contributed by atoms with Gasteiger partial charge in [-0.3, -0.25) is 4.79 Å². The second-order valence-electron chi connectivity index (χ2n) is 7.55. The van der Waals surface area contributed by atoms with Gasteiger partial charge in [-0.15, -0.1) is 0 Å². The molecule has 1 atom stereocenters. The summed E-state index contributed by atoms with van der Waals surface area (Å²) in [6.45, 7) is 4.70. The quantitative estimate of drug-likeness (QED) is 0.674. The molecule has 3 aromatic rings. The molecular weight excluding hydrogens is 370 g/mol. The fourth-order valence-corrected chi connectivity index (χ4v) is 3.91. The molecule has 0 bridgehead atoms. The van der Waals surface area contributed by atoms with Crippen molar-refractivity contribution in [2.24, 2.45) is 5.92 Å². The summed E-state index contributed by atoms with van der Waals surface area (Å²) >= 11 is 5.94. The van der Waals surface area contributed by atoms with Gasteiger partial charge in [-0.2, -0.15) is 0 Å². The largest absolute Gasteiger partial charge is 0.356 e. The van der Waals surface area contributed by atoms with Gasteiger partial charge < -0.3 is 10.2 Å². The Morgan fingerprint density at radius 2 is 2.00 bits per heavy atom. The first-order valence-corrected chi connectivity index (χ1v) is 10.2. The van der Waals surface area contributed by atoms with Crippen molar-refractivity contribution in [3.63, 3.8) is 0 Å². The first-order chi connectivity index (χ1) is 13.6. The summed E-state index contributed by atoms with van der Waals surface area (Å²) in [6.07, 6.45) is 2.41. The summed E-state index contributed by atoms with van der Waals surface area (Å²) in [7, 11) is 0. The molecule has 28 heavy (non-hydrogen) atoms. The standard InChI is InChI=1S/C23H24ClN3O/c1-16-5-4-12-27(15-16)22-13-20(19-6-2-3-7-21(19)26-22)23(28)25-14-17-8-10-18(24)11-9-17/h2-3,6-11,13,16H,4-5,12,14-15H2,1H3,(H,25,28)/t16-/m0/s1. The Balaban J connectivity index is 1.62. The highest BCUT2D eigenvalue weighted by Gasteiger charge is 2.20. The summed E-state index contributed by atoms with van der Waals surface area (Å²) in [6, 6.07) is 17.3. The summed E-state index contributed by atoms with van der Waals surface area (Å²) in [5.74, 6) is 1.45. The van der Waals surface area contributed by atoms with Crippen LogP contribution in [-0.4, -0.2) is 24.0 Å². The van der Waals surface area contributed by atoms with Crippen LogP contribution in [0, 0.1) is 5.92 Å². The van der Waals surface area contributed by atoms with E-state index in [9.17, 15) is 4.79 Å². The van der Waals surface area contributed by atoms with Crippen molar-refractivity contribution in [3.05, 3.63) is 70.7 Å². The zero-order valence-electron chi connectivity index (χ0n) is 16.0. The number of hydrogen-bond donors (Lipinski definition) is 1. The first kappa shape index (κ1) is 18.8. The van der Waals surface area contributed by atoms with Crippen LogP contribution in [0.1, 0.15) is 35.7 Å². The van der Waals surface area contributed by atoms with Crippen molar-refractivity contribution < 1.29 is 4.79 Å². The van der Waals surface area contributed by atoms with Gasteiger partial charge in [-0.1, -0.05) is 48.9 Å². The lowest BCUT2D eigenvalue weighted by Crippen LogP contribution is -2.35. The number of carbonyl (C=O) groups excluding carboxylic acids is 1. The Kier molecular flexibility index (Phi) is 5.49. The summed E-state index contributed by atoms with van der Waals surface area (Å²) in [4.78, 5) is 20.2. The van der Waals surface area contributed by atoms with E-state index in [1.165, 1.54) is 6.42 Å². The summed E-state index contributed by atoms with van der Waals surface area (Å²) in [5, 5.41) is 4.61. The lowest BCUT2D eigenvalue weighted by Gasteiger charge is -2.32. The maximum Gasteiger partial charge on any atom is 0.252 e. The van der Waals surface area contributed by atoms with Crippen LogP contribution in [0.15, 0.2) is 54.6 Å². The molecule has 1 aliphatic heterocycles. The van der Waals surface area contributed by atoms with Crippen molar-refractivity contribution >= 4 is 34.2 Å². The number of pyridine rings is 1. The fraction of sp³-hybridized carbons (Fsp3) is 0.304. The molecular formula is C23H24ClN3O. The second kappa shape index (κ2) is 8.19. The van der Waals surface area contributed by atoms with Crippen LogP contribution in [0.5, 0.6) is 0 Å². The number of amides is 1. The molecule has 1 aromatic heterocycles. The molecule has 2 aromatic carbocycles. The lowest BCUT2D eigenvalue weighted by atomic mass is 10.00. The van der Waals surface area contributed by atoms with Crippen molar-refractivity contribution in [1.82, 2.24) is 10.3 Å². The van der Waals surface area contributed by atoms with E-state index in [0.29, 0.717) is 23.0 Å². The molecule has 144 valence electrons. The van der Waals surface area contributed by atoms with Gasteiger partial charge in [-0.05, 0) is 48.6 Å². The van der Waals surface area contributed by atoms with E-state index in [2.05, 4.69) is 17.1 Å².